The molecule has 1 heterocycles. The Morgan fingerprint density at radius 1 is 1.21 bits per heavy atom. The zero-order valence-electron chi connectivity index (χ0n) is 8.52. The lowest BCUT2D eigenvalue weighted by atomic mass is 10.2. The van der Waals surface area contributed by atoms with Gasteiger partial charge in [-0.2, -0.15) is 0 Å². The second-order valence-corrected chi connectivity index (χ2v) is 4.01. The van der Waals surface area contributed by atoms with Gasteiger partial charge in [-0.3, -0.25) is 0 Å². The van der Waals surface area contributed by atoms with Crippen LogP contribution in [0.5, 0.6) is 0 Å². The molecule has 0 aromatic heterocycles. The summed E-state index contributed by atoms with van der Waals surface area (Å²) in [5.74, 6) is 0.415. The molecule has 1 aliphatic heterocycles. The monoisotopic (exact) mass is 194 g/mol. The van der Waals surface area contributed by atoms with Gasteiger partial charge in [-0.25, -0.2) is 4.39 Å². The molecular weight excluding hydrogens is 179 g/mol. The van der Waals surface area contributed by atoms with Crippen molar-refractivity contribution in [3.8, 4) is 0 Å². The van der Waals surface area contributed by atoms with Gasteiger partial charge in [0.2, 0.25) is 0 Å². The minimum atomic E-state index is -0.146. The van der Waals surface area contributed by atoms with E-state index in [0.29, 0.717) is 11.5 Å². The molecule has 0 spiro atoms. The number of aryl methyl sites for hydroxylation is 1. The number of benzene rings is 1. The molecule has 0 saturated heterocycles. The van der Waals surface area contributed by atoms with E-state index in [2.05, 4.69) is 17.6 Å². The maximum atomic E-state index is 13.3. The smallest absolute Gasteiger partial charge is 0.128 e. The fourth-order valence-corrected chi connectivity index (χ4v) is 1.61. The third-order valence-electron chi connectivity index (χ3n) is 2.58. The normalized spacial score (nSPS) is 20.4. The Bertz CT molecular complexity index is 316. The van der Waals surface area contributed by atoms with Gasteiger partial charge in [0, 0.05) is 13.1 Å². The van der Waals surface area contributed by atoms with Gasteiger partial charge in [0.1, 0.15) is 5.82 Å². The second-order valence-electron chi connectivity index (χ2n) is 4.01. The fourth-order valence-electron chi connectivity index (χ4n) is 1.61. The van der Waals surface area contributed by atoms with Gasteiger partial charge in [-0.05, 0) is 30.5 Å². The van der Waals surface area contributed by atoms with Crippen molar-refractivity contribution in [2.45, 2.75) is 13.8 Å². The highest BCUT2D eigenvalue weighted by atomic mass is 19.1. The Balaban J connectivity index is 2.36. The van der Waals surface area contributed by atoms with E-state index in [-0.39, 0.29) is 5.82 Å². The quantitative estimate of drug-likeness (QED) is 0.663. The number of nitrogens with one attached hydrogen (secondary N) is 2. The minimum absolute atomic E-state index is 0.146. The minimum Gasteiger partial charge on any atom is -0.383 e. The first-order valence-electron chi connectivity index (χ1n) is 4.94. The molecule has 0 bridgehead atoms. The van der Waals surface area contributed by atoms with Crippen molar-refractivity contribution in [3.05, 3.63) is 23.5 Å². The van der Waals surface area contributed by atoms with E-state index in [4.69, 9.17) is 0 Å². The molecule has 0 radical (unpaired) electrons. The van der Waals surface area contributed by atoms with Gasteiger partial charge in [0.25, 0.3) is 0 Å². The van der Waals surface area contributed by atoms with E-state index in [0.717, 1.165) is 24.5 Å². The molecule has 3 heteroatoms. The van der Waals surface area contributed by atoms with E-state index in [1.54, 1.807) is 13.0 Å². The Morgan fingerprint density at radius 3 is 2.43 bits per heavy atom. The Morgan fingerprint density at radius 2 is 1.79 bits per heavy atom. The molecule has 14 heavy (non-hydrogen) atoms. The number of fused-ring (bicyclic) bond motifs is 1. The average molecular weight is 194 g/mol. The highest BCUT2D eigenvalue weighted by Gasteiger charge is 2.13. The molecule has 1 unspecified atom stereocenters. The standard InChI is InChI=1S/C11H15FN2/c1-7-5-13-10-3-8(2)9(12)4-11(10)14-6-7/h3-4,7,13-14H,5-6H2,1-2H3. The van der Waals surface area contributed by atoms with E-state index in [9.17, 15) is 4.39 Å². The summed E-state index contributed by atoms with van der Waals surface area (Å²) in [6, 6.07) is 3.42. The molecule has 2 N–H and O–H groups in total. The van der Waals surface area contributed by atoms with E-state index in [1.165, 1.54) is 0 Å². The molecule has 0 aliphatic carbocycles. The summed E-state index contributed by atoms with van der Waals surface area (Å²) in [7, 11) is 0. The summed E-state index contributed by atoms with van der Waals surface area (Å²) in [6.07, 6.45) is 0. The summed E-state index contributed by atoms with van der Waals surface area (Å²) < 4.78 is 13.3. The summed E-state index contributed by atoms with van der Waals surface area (Å²) in [5.41, 5.74) is 2.57. The number of halogens is 1. The van der Waals surface area contributed by atoms with Crippen molar-refractivity contribution in [1.29, 1.82) is 0 Å². The first-order chi connectivity index (χ1) is 6.66. The molecule has 0 fully saturated rings. The second kappa shape index (κ2) is 3.48. The average Bonchev–Trinajstić information content (AvgIpc) is 2.31. The molecule has 1 atom stereocenters. The summed E-state index contributed by atoms with van der Waals surface area (Å²) in [5, 5.41) is 6.55. The SMILES string of the molecule is Cc1cc2c(cc1F)NCC(C)CN2. The predicted molar refractivity (Wildman–Crippen MR) is 57.3 cm³/mol. The van der Waals surface area contributed by atoms with Crippen LogP contribution in [0.2, 0.25) is 0 Å². The van der Waals surface area contributed by atoms with Crippen molar-refractivity contribution < 1.29 is 4.39 Å². The lowest BCUT2D eigenvalue weighted by molar-refractivity contribution is 0.619. The van der Waals surface area contributed by atoms with Crippen LogP contribution in [0.3, 0.4) is 0 Å². The maximum Gasteiger partial charge on any atom is 0.128 e. The highest BCUT2D eigenvalue weighted by molar-refractivity contribution is 5.70. The number of hydrogen-bond donors (Lipinski definition) is 2. The van der Waals surface area contributed by atoms with E-state index in [1.807, 2.05) is 6.07 Å². The Hall–Kier alpha value is -1.25. The molecule has 0 amide bonds. The first kappa shape index (κ1) is 9.31. The van der Waals surface area contributed by atoms with Gasteiger partial charge >= 0.3 is 0 Å². The van der Waals surface area contributed by atoms with Crippen LogP contribution < -0.4 is 10.6 Å². The Kier molecular flexibility index (Phi) is 2.32. The lowest BCUT2D eigenvalue weighted by Crippen LogP contribution is -2.14. The zero-order valence-corrected chi connectivity index (χ0v) is 8.52. The topological polar surface area (TPSA) is 24.1 Å². The largest absolute Gasteiger partial charge is 0.383 e. The van der Waals surface area contributed by atoms with E-state index < -0.39 is 0 Å². The third kappa shape index (κ3) is 1.67. The summed E-state index contributed by atoms with van der Waals surface area (Å²) in [6.45, 7) is 5.77. The van der Waals surface area contributed by atoms with Crippen molar-refractivity contribution >= 4 is 11.4 Å². The van der Waals surface area contributed by atoms with Crippen LogP contribution in [-0.2, 0) is 0 Å². The van der Waals surface area contributed by atoms with Crippen molar-refractivity contribution in [1.82, 2.24) is 0 Å². The molecular formula is C11H15FN2. The van der Waals surface area contributed by atoms with Gasteiger partial charge in [0.05, 0.1) is 11.4 Å². The molecule has 76 valence electrons. The van der Waals surface area contributed by atoms with Crippen LogP contribution in [0.15, 0.2) is 12.1 Å². The van der Waals surface area contributed by atoms with Crippen LogP contribution in [0.25, 0.3) is 0 Å². The van der Waals surface area contributed by atoms with Crippen LogP contribution in [0.4, 0.5) is 15.8 Å². The maximum absolute atomic E-state index is 13.3. The number of anilines is 2. The van der Waals surface area contributed by atoms with Crippen LogP contribution in [0, 0.1) is 18.7 Å². The summed E-state index contributed by atoms with van der Waals surface area (Å²) in [4.78, 5) is 0. The van der Waals surface area contributed by atoms with Gasteiger partial charge in [-0.1, -0.05) is 6.92 Å². The van der Waals surface area contributed by atoms with Crippen molar-refractivity contribution in [3.63, 3.8) is 0 Å². The number of hydrogen-bond acceptors (Lipinski definition) is 2. The van der Waals surface area contributed by atoms with Gasteiger partial charge in [-0.15, -0.1) is 0 Å². The van der Waals surface area contributed by atoms with Crippen molar-refractivity contribution in [2.75, 3.05) is 23.7 Å². The van der Waals surface area contributed by atoms with Crippen LogP contribution in [-0.4, -0.2) is 13.1 Å². The third-order valence-corrected chi connectivity index (χ3v) is 2.58. The fraction of sp³-hybridized carbons (Fsp3) is 0.455. The van der Waals surface area contributed by atoms with Crippen LogP contribution in [0.1, 0.15) is 12.5 Å². The number of rotatable bonds is 0. The first-order valence-corrected chi connectivity index (χ1v) is 4.94. The van der Waals surface area contributed by atoms with E-state index >= 15 is 0 Å². The molecule has 1 aromatic rings. The van der Waals surface area contributed by atoms with Crippen LogP contribution >= 0.6 is 0 Å². The molecule has 1 aliphatic rings. The van der Waals surface area contributed by atoms with Crippen molar-refractivity contribution in [2.24, 2.45) is 5.92 Å². The highest BCUT2D eigenvalue weighted by Crippen LogP contribution is 2.27. The molecule has 2 rings (SSSR count). The zero-order chi connectivity index (χ0) is 10.1. The van der Waals surface area contributed by atoms with Gasteiger partial charge in [0.15, 0.2) is 0 Å². The predicted octanol–water partition coefficient (Wildman–Crippen LogP) is 2.61. The molecule has 2 nitrogen and oxygen atoms in total. The lowest BCUT2D eigenvalue weighted by Gasteiger charge is -2.09. The molecule has 0 saturated carbocycles. The summed E-state index contributed by atoms with van der Waals surface area (Å²) >= 11 is 0. The van der Waals surface area contributed by atoms with Gasteiger partial charge < -0.3 is 10.6 Å². The molecule has 1 aromatic carbocycles. The Labute approximate surface area is 83.5 Å².